The van der Waals surface area contributed by atoms with Crippen LogP contribution in [0.15, 0.2) is 22.6 Å². The summed E-state index contributed by atoms with van der Waals surface area (Å²) in [6.07, 6.45) is 0. The molecule has 98 valence electrons. The summed E-state index contributed by atoms with van der Waals surface area (Å²) in [4.78, 5) is 0. The maximum absolute atomic E-state index is 6.17. The van der Waals surface area contributed by atoms with E-state index in [9.17, 15) is 0 Å². The van der Waals surface area contributed by atoms with Crippen molar-refractivity contribution in [2.75, 3.05) is 5.32 Å². The number of anilines is 1. The van der Waals surface area contributed by atoms with E-state index in [0.717, 1.165) is 11.7 Å². The van der Waals surface area contributed by atoms with Gasteiger partial charge in [-0.3, -0.25) is 0 Å². The Morgan fingerprint density at radius 1 is 1.11 bits per heavy atom. The zero-order valence-electron chi connectivity index (χ0n) is 9.28. The summed E-state index contributed by atoms with van der Waals surface area (Å²) >= 11 is 19.0. The predicted molar refractivity (Wildman–Crippen MR) is 78.5 cm³/mol. The van der Waals surface area contributed by atoms with Gasteiger partial charge < -0.3 is 9.73 Å². The lowest BCUT2D eigenvalue weighted by Crippen LogP contribution is -1.99. The summed E-state index contributed by atoms with van der Waals surface area (Å²) in [5.41, 5.74) is 1.97. The molecule has 1 N–H and O–H groups in total. The lowest BCUT2D eigenvalue weighted by atomic mass is 10.2. The first kappa shape index (κ1) is 13.0. The van der Waals surface area contributed by atoms with Crippen molar-refractivity contribution in [3.05, 3.63) is 39.2 Å². The summed E-state index contributed by atoms with van der Waals surface area (Å²) < 4.78 is 13.6. The fourth-order valence-corrected chi connectivity index (χ4v) is 3.01. The van der Waals surface area contributed by atoms with Crippen molar-refractivity contribution < 1.29 is 4.42 Å². The van der Waals surface area contributed by atoms with Gasteiger partial charge in [-0.15, -0.1) is 0 Å². The number of nitrogens with one attached hydrogen (secondary N) is 1. The first-order valence-corrected chi connectivity index (χ1v) is 7.10. The van der Waals surface area contributed by atoms with E-state index in [2.05, 4.69) is 14.1 Å². The molecule has 0 bridgehead atoms. The Bertz CT molecular complexity index is 740. The van der Waals surface area contributed by atoms with Gasteiger partial charge in [0.15, 0.2) is 5.22 Å². The second-order valence-corrected chi connectivity index (χ2v) is 5.45. The second kappa shape index (κ2) is 5.17. The number of nitrogens with zero attached hydrogens (tertiary/aromatic N) is 2. The molecule has 2 heterocycles. The van der Waals surface area contributed by atoms with Gasteiger partial charge in [0, 0.05) is 0 Å². The van der Waals surface area contributed by atoms with Crippen molar-refractivity contribution in [1.29, 1.82) is 0 Å². The van der Waals surface area contributed by atoms with Crippen LogP contribution in [0.3, 0.4) is 0 Å². The summed E-state index contributed by atoms with van der Waals surface area (Å²) in [7, 11) is 0. The fraction of sp³-hybridized carbons (Fsp3) is 0.0909. The van der Waals surface area contributed by atoms with Gasteiger partial charge in [-0.05, 0) is 29.8 Å². The number of aromatic nitrogens is 2. The quantitative estimate of drug-likeness (QED) is 0.743. The van der Waals surface area contributed by atoms with Gasteiger partial charge in [-0.25, -0.2) is 0 Å². The minimum Gasteiger partial charge on any atom is -0.448 e. The molecular weight excluding hydrogens is 329 g/mol. The number of hydrogen-bond acceptors (Lipinski definition) is 5. The smallest absolute Gasteiger partial charge is 0.193 e. The van der Waals surface area contributed by atoms with Crippen molar-refractivity contribution in [2.24, 2.45) is 0 Å². The molecule has 0 aliphatic heterocycles. The molecule has 0 atom stereocenters. The number of halogens is 3. The molecule has 0 aliphatic carbocycles. The van der Waals surface area contributed by atoms with Gasteiger partial charge in [0.05, 0.1) is 34.0 Å². The van der Waals surface area contributed by atoms with Gasteiger partial charge in [0.25, 0.3) is 0 Å². The molecule has 0 radical (unpaired) electrons. The molecular formula is C11H6Cl3N3OS. The topological polar surface area (TPSA) is 51.0 Å². The first-order chi connectivity index (χ1) is 9.15. The van der Waals surface area contributed by atoms with Crippen LogP contribution in [0, 0.1) is 0 Å². The van der Waals surface area contributed by atoms with Crippen LogP contribution in [0.1, 0.15) is 5.76 Å². The van der Waals surface area contributed by atoms with Crippen molar-refractivity contribution in [1.82, 2.24) is 8.75 Å². The summed E-state index contributed by atoms with van der Waals surface area (Å²) in [5, 5.41) is 4.48. The standard InChI is InChI=1S/C11H6Cl3N3OS/c12-6-3-7(13)10-11(17-19-16-10)9(6)15-4-5-1-2-8(14)18-5/h1-3,15H,4H2. The van der Waals surface area contributed by atoms with Crippen LogP contribution in [0.25, 0.3) is 11.0 Å². The number of furan rings is 1. The average molecular weight is 335 g/mol. The molecule has 0 amide bonds. The Kier molecular flexibility index (Phi) is 3.54. The Morgan fingerprint density at radius 2 is 1.89 bits per heavy atom. The Morgan fingerprint density at radius 3 is 2.63 bits per heavy atom. The first-order valence-electron chi connectivity index (χ1n) is 5.23. The van der Waals surface area contributed by atoms with E-state index in [4.69, 9.17) is 39.2 Å². The van der Waals surface area contributed by atoms with E-state index in [1.165, 1.54) is 0 Å². The largest absolute Gasteiger partial charge is 0.448 e. The number of rotatable bonds is 3. The monoisotopic (exact) mass is 333 g/mol. The predicted octanol–water partition coefficient (Wildman–Crippen LogP) is 4.86. The molecule has 0 spiro atoms. The van der Waals surface area contributed by atoms with Gasteiger partial charge in [0.1, 0.15) is 16.8 Å². The highest BCUT2D eigenvalue weighted by Gasteiger charge is 2.14. The van der Waals surface area contributed by atoms with Crippen molar-refractivity contribution >= 4 is 63.3 Å². The van der Waals surface area contributed by atoms with Crippen LogP contribution >= 0.6 is 46.5 Å². The minimum absolute atomic E-state index is 0.347. The number of fused-ring (bicyclic) bond motifs is 1. The Hall–Kier alpha value is -1.01. The van der Waals surface area contributed by atoms with E-state index in [0.29, 0.717) is 44.3 Å². The van der Waals surface area contributed by atoms with E-state index in [1.807, 2.05) is 0 Å². The van der Waals surface area contributed by atoms with Gasteiger partial charge in [-0.2, -0.15) is 8.75 Å². The molecule has 0 unspecified atom stereocenters. The maximum Gasteiger partial charge on any atom is 0.193 e. The third-order valence-corrected chi connectivity index (χ3v) is 3.83. The molecule has 3 rings (SSSR count). The van der Waals surface area contributed by atoms with E-state index >= 15 is 0 Å². The van der Waals surface area contributed by atoms with Gasteiger partial charge in [0.2, 0.25) is 0 Å². The Labute approximate surface area is 127 Å². The average Bonchev–Trinajstić information content (AvgIpc) is 2.98. The zero-order chi connectivity index (χ0) is 13.4. The van der Waals surface area contributed by atoms with Crippen LogP contribution in [0.5, 0.6) is 0 Å². The van der Waals surface area contributed by atoms with Crippen molar-refractivity contribution in [3.63, 3.8) is 0 Å². The molecule has 19 heavy (non-hydrogen) atoms. The number of hydrogen-bond donors (Lipinski definition) is 1. The molecule has 4 nitrogen and oxygen atoms in total. The van der Waals surface area contributed by atoms with Gasteiger partial charge >= 0.3 is 0 Å². The van der Waals surface area contributed by atoms with E-state index < -0.39 is 0 Å². The molecule has 0 aliphatic rings. The molecule has 2 aromatic heterocycles. The third kappa shape index (κ3) is 2.51. The highest BCUT2D eigenvalue weighted by Crippen LogP contribution is 2.35. The molecule has 1 aromatic carbocycles. The highest BCUT2D eigenvalue weighted by molar-refractivity contribution is 7.00. The minimum atomic E-state index is 0.347. The maximum atomic E-state index is 6.17. The molecule has 8 heteroatoms. The SMILES string of the molecule is Clc1ccc(CNc2c(Cl)cc(Cl)c3nsnc23)o1. The van der Waals surface area contributed by atoms with E-state index in [-0.39, 0.29) is 0 Å². The third-order valence-electron chi connectivity index (χ3n) is 2.51. The van der Waals surface area contributed by atoms with Gasteiger partial charge in [-0.1, -0.05) is 23.2 Å². The zero-order valence-corrected chi connectivity index (χ0v) is 12.4. The summed E-state index contributed by atoms with van der Waals surface area (Å²) in [6.45, 7) is 0.445. The molecule has 0 saturated heterocycles. The fourth-order valence-electron chi connectivity index (χ4n) is 1.66. The molecule has 3 aromatic rings. The molecule has 0 fully saturated rings. The van der Waals surface area contributed by atoms with Crippen molar-refractivity contribution in [3.8, 4) is 0 Å². The van der Waals surface area contributed by atoms with Crippen LogP contribution in [-0.4, -0.2) is 8.75 Å². The number of benzene rings is 1. The van der Waals surface area contributed by atoms with Crippen molar-refractivity contribution in [2.45, 2.75) is 6.54 Å². The van der Waals surface area contributed by atoms with Crippen LogP contribution < -0.4 is 5.32 Å². The van der Waals surface area contributed by atoms with Crippen LogP contribution in [0.4, 0.5) is 5.69 Å². The summed E-state index contributed by atoms with van der Waals surface area (Å²) in [6, 6.07) is 5.11. The normalized spacial score (nSPS) is 11.1. The highest BCUT2D eigenvalue weighted by atomic mass is 35.5. The lowest BCUT2D eigenvalue weighted by molar-refractivity contribution is 0.520. The van der Waals surface area contributed by atoms with Crippen LogP contribution in [0.2, 0.25) is 15.3 Å². The molecule has 0 saturated carbocycles. The van der Waals surface area contributed by atoms with E-state index in [1.54, 1.807) is 18.2 Å². The lowest BCUT2D eigenvalue weighted by Gasteiger charge is -2.08. The second-order valence-electron chi connectivity index (χ2n) is 3.74. The van der Waals surface area contributed by atoms with Crippen LogP contribution in [-0.2, 0) is 6.54 Å². The Balaban J connectivity index is 1.94. The summed E-state index contributed by atoms with van der Waals surface area (Å²) in [5.74, 6) is 0.701.